The maximum atomic E-state index is 12.7. The Morgan fingerprint density at radius 3 is 2.23 bits per heavy atom. The summed E-state index contributed by atoms with van der Waals surface area (Å²) in [5.41, 5.74) is 1.30. The van der Waals surface area contributed by atoms with Gasteiger partial charge in [0.1, 0.15) is 0 Å². The maximum Gasteiger partial charge on any atom is 0.255 e. The van der Waals surface area contributed by atoms with Gasteiger partial charge in [0.25, 0.3) is 11.8 Å². The van der Waals surface area contributed by atoms with Crippen molar-refractivity contribution in [2.45, 2.75) is 39.2 Å². The molecule has 2 N–H and O–H groups in total. The largest absolute Gasteiger partial charge is 0.347 e. The van der Waals surface area contributed by atoms with Gasteiger partial charge in [-0.1, -0.05) is 12.1 Å². The van der Waals surface area contributed by atoms with Gasteiger partial charge < -0.3 is 10.6 Å². The van der Waals surface area contributed by atoms with Crippen molar-refractivity contribution >= 4 is 33.2 Å². The normalized spacial score (nSPS) is 16.0. The summed E-state index contributed by atoms with van der Waals surface area (Å²) in [5, 5.41) is 5.66. The third-order valence-electron chi connectivity index (χ3n) is 4.68. The van der Waals surface area contributed by atoms with E-state index in [9.17, 15) is 18.0 Å². The summed E-state index contributed by atoms with van der Waals surface area (Å²) in [6.07, 6.45) is 1.48. The third kappa shape index (κ3) is 5.18. The van der Waals surface area contributed by atoms with E-state index in [1.54, 1.807) is 48.5 Å². The molecule has 0 atom stereocenters. The van der Waals surface area contributed by atoms with Gasteiger partial charge in [-0.3, -0.25) is 13.9 Å². The molecule has 2 aromatic rings. The van der Waals surface area contributed by atoms with Crippen molar-refractivity contribution in [3.63, 3.8) is 0 Å². The summed E-state index contributed by atoms with van der Waals surface area (Å²) in [6, 6.07) is 13.3. The second kappa shape index (κ2) is 8.47. The fourth-order valence-electron chi connectivity index (χ4n) is 3.25. The number of benzene rings is 2. The summed E-state index contributed by atoms with van der Waals surface area (Å²) >= 11 is 0. The van der Waals surface area contributed by atoms with Gasteiger partial charge in [0, 0.05) is 17.6 Å². The van der Waals surface area contributed by atoms with Gasteiger partial charge in [0.15, 0.2) is 0 Å². The number of nitrogens with one attached hydrogen (secondary N) is 2. The Bertz CT molecular complexity index is 1040. The molecular weight excluding hydrogens is 402 g/mol. The average Bonchev–Trinajstić information content (AvgIpc) is 2.67. The Labute approximate surface area is 177 Å². The van der Waals surface area contributed by atoms with Crippen molar-refractivity contribution < 1.29 is 18.0 Å². The summed E-state index contributed by atoms with van der Waals surface area (Å²) in [4.78, 5) is 25.3. The Morgan fingerprint density at radius 2 is 1.60 bits per heavy atom. The van der Waals surface area contributed by atoms with Gasteiger partial charge >= 0.3 is 0 Å². The molecule has 0 unspecified atom stereocenters. The molecule has 1 aliphatic rings. The number of para-hydroxylation sites is 1. The minimum Gasteiger partial charge on any atom is -0.347 e. The van der Waals surface area contributed by atoms with Crippen LogP contribution in [0.3, 0.4) is 0 Å². The second-order valence-electron chi connectivity index (χ2n) is 8.35. The Morgan fingerprint density at radius 1 is 0.933 bits per heavy atom. The van der Waals surface area contributed by atoms with Crippen LogP contribution in [0.1, 0.15) is 54.3 Å². The molecule has 0 aliphatic carbocycles. The number of carbonyl (C=O) groups excluding carboxylic acids is 2. The van der Waals surface area contributed by atoms with Gasteiger partial charge in [-0.2, -0.15) is 0 Å². The van der Waals surface area contributed by atoms with E-state index in [1.807, 2.05) is 20.8 Å². The first-order valence-corrected chi connectivity index (χ1v) is 11.5. The number of nitrogens with zero attached hydrogens (tertiary/aromatic N) is 1. The highest BCUT2D eigenvalue weighted by Crippen LogP contribution is 2.24. The molecule has 2 aromatic carbocycles. The van der Waals surface area contributed by atoms with Crippen LogP contribution in [0.15, 0.2) is 48.5 Å². The van der Waals surface area contributed by atoms with Crippen LogP contribution in [0.5, 0.6) is 0 Å². The summed E-state index contributed by atoms with van der Waals surface area (Å²) in [5.74, 6) is -0.508. The highest BCUT2D eigenvalue weighted by atomic mass is 32.2. The highest BCUT2D eigenvalue weighted by Gasteiger charge is 2.26. The van der Waals surface area contributed by atoms with Crippen LogP contribution in [0, 0.1) is 0 Å². The first-order chi connectivity index (χ1) is 14.1. The predicted octanol–water partition coefficient (Wildman–Crippen LogP) is 3.40. The van der Waals surface area contributed by atoms with Crippen molar-refractivity contribution in [1.29, 1.82) is 0 Å². The average molecular weight is 430 g/mol. The first kappa shape index (κ1) is 21.8. The molecule has 2 amide bonds. The molecule has 0 aromatic heterocycles. The zero-order chi connectivity index (χ0) is 21.9. The van der Waals surface area contributed by atoms with E-state index in [0.29, 0.717) is 35.5 Å². The number of hydrogen-bond acceptors (Lipinski definition) is 4. The number of amides is 2. The van der Waals surface area contributed by atoms with Gasteiger partial charge in [0.05, 0.1) is 22.7 Å². The minimum absolute atomic E-state index is 0.142. The fraction of sp³-hybridized carbons (Fsp3) is 0.364. The van der Waals surface area contributed by atoms with E-state index in [0.717, 1.165) is 6.42 Å². The van der Waals surface area contributed by atoms with Crippen molar-refractivity contribution in [3.05, 3.63) is 59.7 Å². The van der Waals surface area contributed by atoms with Crippen LogP contribution in [-0.4, -0.2) is 38.1 Å². The summed E-state index contributed by atoms with van der Waals surface area (Å²) < 4.78 is 25.9. The van der Waals surface area contributed by atoms with E-state index in [4.69, 9.17) is 0 Å². The zero-order valence-corrected chi connectivity index (χ0v) is 18.3. The number of anilines is 2. The molecule has 0 spiro atoms. The molecule has 30 heavy (non-hydrogen) atoms. The molecule has 8 heteroatoms. The summed E-state index contributed by atoms with van der Waals surface area (Å²) in [6.45, 7) is 6.10. The highest BCUT2D eigenvalue weighted by molar-refractivity contribution is 7.92. The van der Waals surface area contributed by atoms with Gasteiger partial charge in [-0.15, -0.1) is 0 Å². The fourth-order valence-corrected chi connectivity index (χ4v) is 4.89. The number of sulfonamides is 1. The molecule has 7 nitrogen and oxygen atoms in total. The van der Waals surface area contributed by atoms with Crippen molar-refractivity contribution in [3.8, 4) is 0 Å². The molecule has 0 saturated carbocycles. The van der Waals surface area contributed by atoms with Gasteiger partial charge in [-0.05, 0) is 70.0 Å². The molecule has 3 rings (SSSR count). The van der Waals surface area contributed by atoms with Crippen LogP contribution in [-0.2, 0) is 10.0 Å². The molecule has 1 aliphatic heterocycles. The Hall–Kier alpha value is -2.87. The smallest absolute Gasteiger partial charge is 0.255 e. The quantitative estimate of drug-likeness (QED) is 0.779. The minimum atomic E-state index is -3.30. The molecule has 1 heterocycles. The van der Waals surface area contributed by atoms with Gasteiger partial charge in [-0.25, -0.2) is 8.42 Å². The van der Waals surface area contributed by atoms with Crippen molar-refractivity contribution in [2.75, 3.05) is 21.9 Å². The van der Waals surface area contributed by atoms with E-state index in [1.165, 1.54) is 4.31 Å². The summed E-state index contributed by atoms with van der Waals surface area (Å²) in [7, 11) is -3.30. The second-order valence-corrected chi connectivity index (χ2v) is 10.4. The topological polar surface area (TPSA) is 95.6 Å². The van der Waals surface area contributed by atoms with Crippen LogP contribution in [0.2, 0.25) is 0 Å². The van der Waals surface area contributed by atoms with Crippen LogP contribution < -0.4 is 14.9 Å². The molecule has 0 bridgehead atoms. The van der Waals surface area contributed by atoms with Crippen LogP contribution in [0.25, 0.3) is 0 Å². The lowest BCUT2D eigenvalue weighted by Gasteiger charge is -2.28. The zero-order valence-electron chi connectivity index (χ0n) is 17.4. The molecule has 0 radical (unpaired) electrons. The lowest BCUT2D eigenvalue weighted by Crippen LogP contribution is -2.40. The van der Waals surface area contributed by atoms with E-state index >= 15 is 0 Å². The monoisotopic (exact) mass is 429 g/mol. The molecule has 1 fully saturated rings. The SMILES string of the molecule is CC(C)(C)NC(=O)c1ccccc1NC(=O)c1ccc(N2CCCCS2(=O)=O)cc1. The predicted molar refractivity (Wildman–Crippen MR) is 118 cm³/mol. The first-order valence-electron chi connectivity index (χ1n) is 9.90. The number of rotatable bonds is 4. The molecular formula is C22H27N3O4S. The molecule has 160 valence electrons. The van der Waals surface area contributed by atoms with Crippen molar-refractivity contribution in [2.24, 2.45) is 0 Å². The van der Waals surface area contributed by atoms with Crippen LogP contribution in [0.4, 0.5) is 11.4 Å². The van der Waals surface area contributed by atoms with Gasteiger partial charge in [0.2, 0.25) is 10.0 Å². The molecule has 1 saturated heterocycles. The number of hydrogen-bond donors (Lipinski definition) is 2. The maximum absolute atomic E-state index is 12.7. The van der Waals surface area contributed by atoms with E-state index in [-0.39, 0.29) is 17.6 Å². The van der Waals surface area contributed by atoms with E-state index < -0.39 is 15.6 Å². The Kier molecular flexibility index (Phi) is 6.17. The third-order valence-corrected chi connectivity index (χ3v) is 6.54. The van der Waals surface area contributed by atoms with E-state index in [2.05, 4.69) is 10.6 Å². The number of carbonyl (C=O) groups is 2. The van der Waals surface area contributed by atoms with Crippen LogP contribution >= 0.6 is 0 Å². The lowest BCUT2D eigenvalue weighted by molar-refractivity contribution is 0.0920. The van der Waals surface area contributed by atoms with Crippen molar-refractivity contribution in [1.82, 2.24) is 5.32 Å². The standard InChI is InChI=1S/C22H27N3O4S/c1-22(2,3)24-21(27)18-8-4-5-9-19(18)23-20(26)16-10-12-17(13-11-16)25-14-6-7-15-30(25,28)29/h4-5,8-13H,6-7,14-15H2,1-3H3,(H,23,26)(H,24,27). The lowest BCUT2D eigenvalue weighted by atomic mass is 10.1. The Balaban J connectivity index is 1.77.